The van der Waals surface area contributed by atoms with Crippen LogP contribution >= 0.6 is 0 Å². The smallest absolute Gasteiger partial charge is 0.222 e. The minimum atomic E-state index is 0.229. The number of carbonyl (C=O) groups excluding carboxylic acids is 1. The third-order valence-electron chi connectivity index (χ3n) is 3.18. The number of nitrogens with zero attached hydrogens (tertiary/aromatic N) is 1. The summed E-state index contributed by atoms with van der Waals surface area (Å²) in [5.74, 6) is 0.772. The Hall–Kier alpha value is -0.610. The number of nitrogens with two attached hydrogens (primary N) is 1. The first-order valence-electron chi connectivity index (χ1n) is 5.69. The molecular formula is C11H22N2O2. The van der Waals surface area contributed by atoms with Gasteiger partial charge in [-0.15, -0.1) is 0 Å². The van der Waals surface area contributed by atoms with Gasteiger partial charge < -0.3 is 15.4 Å². The van der Waals surface area contributed by atoms with Crippen molar-refractivity contribution in [3.05, 3.63) is 0 Å². The second-order valence-corrected chi connectivity index (χ2v) is 4.25. The Morgan fingerprint density at radius 3 is 2.93 bits per heavy atom. The van der Waals surface area contributed by atoms with Gasteiger partial charge in [-0.25, -0.2) is 0 Å². The molecule has 1 heterocycles. The van der Waals surface area contributed by atoms with Gasteiger partial charge in [0.1, 0.15) is 0 Å². The highest BCUT2D eigenvalue weighted by Gasteiger charge is 2.32. The Kier molecular flexibility index (Phi) is 5.05. The number of rotatable bonds is 5. The average Bonchev–Trinajstić information content (AvgIpc) is 2.59. The highest BCUT2D eigenvalue weighted by atomic mass is 16.5. The summed E-state index contributed by atoms with van der Waals surface area (Å²) >= 11 is 0. The molecule has 1 saturated heterocycles. The van der Waals surface area contributed by atoms with Crippen LogP contribution in [0.4, 0.5) is 0 Å². The van der Waals surface area contributed by atoms with Crippen molar-refractivity contribution < 1.29 is 9.53 Å². The second-order valence-electron chi connectivity index (χ2n) is 4.25. The van der Waals surface area contributed by atoms with Crippen molar-refractivity contribution in [3.63, 3.8) is 0 Å². The van der Waals surface area contributed by atoms with Gasteiger partial charge in [-0.3, -0.25) is 4.79 Å². The lowest BCUT2D eigenvalue weighted by atomic mass is 10.0. The number of methoxy groups -OCH3 is 1. The highest BCUT2D eigenvalue weighted by molar-refractivity contribution is 5.76. The zero-order valence-corrected chi connectivity index (χ0v) is 9.74. The summed E-state index contributed by atoms with van der Waals surface area (Å²) in [5.41, 5.74) is 5.69. The van der Waals surface area contributed by atoms with Crippen LogP contribution in [0, 0.1) is 5.92 Å². The molecule has 1 aliphatic rings. The Balaban J connectivity index is 2.38. The zero-order chi connectivity index (χ0) is 11.3. The molecule has 0 aromatic heterocycles. The third kappa shape index (κ3) is 3.18. The molecule has 0 spiro atoms. The molecule has 0 aromatic carbocycles. The van der Waals surface area contributed by atoms with E-state index < -0.39 is 0 Å². The van der Waals surface area contributed by atoms with Gasteiger partial charge in [0.2, 0.25) is 5.91 Å². The SMILES string of the molecule is COCCCC(=O)N1CCC(C)C1CN. The second kappa shape index (κ2) is 6.08. The van der Waals surface area contributed by atoms with Crippen molar-refractivity contribution >= 4 is 5.91 Å². The Labute approximate surface area is 91.8 Å². The van der Waals surface area contributed by atoms with Gasteiger partial charge in [0.25, 0.3) is 0 Å². The topological polar surface area (TPSA) is 55.6 Å². The lowest BCUT2D eigenvalue weighted by Crippen LogP contribution is -2.42. The summed E-state index contributed by atoms with van der Waals surface area (Å²) in [5, 5.41) is 0. The van der Waals surface area contributed by atoms with Gasteiger partial charge in [0.05, 0.1) is 0 Å². The summed E-state index contributed by atoms with van der Waals surface area (Å²) < 4.78 is 4.93. The molecule has 0 saturated carbocycles. The molecule has 15 heavy (non-hydrogen) atoms. The molecule has 88 valence electrons. The lowest BCUT2D eigenvalue weighted by molar-refractivity contribution is -0.132. The van der Waals surface area contributed by atoms with Crippen LogP contribution < -0.4 is 5.73 Å². The van der Waals surface area contributed by atoms with Crippen molar-refractivity contribution in [2.75, 3.05) is 26.8 Å². The first-order chi connectivity index (χ1) is 7.20. The Morgan fingerprint density at radius 1 is 1.60 bits per heavy atom. The average molecular weight is 214 g/mol. The predicted octanol–water partition coefficient (Wildman–Crippen LogP) is 0.609. The molecular weight excluding hydrogens is 192 g/mol. The van der Waals surface area contributed by atoms with E-state index in [1.165, 1.54) is 0 Å². The molecule has 2 atom stereocenters. The zero-order valence-electron chi connectivity index (χ0n) is 9.74. The van der Waals surface area contributed by atoms with E-state index in [0.29, 0.717) is 25.5 Å². The van der Waals surface area contributed by atoms with Crippen molar-refractivity contribution in [3.8, 4) is 0 Å². The molecule has 1 fully saturated rings. The van der Waals surface area contributed by atoms with Crippen molar-refractivity contribution in [1.29, 1.82) is 0 Å². The quantitative estimate of drug-likeness (QED) is 0.682. The van der Waals surface area contributed by atoms with Gasteiger partial charge in [-0.1, -0.05) is 6.92 Å². The van der Waals surface area contributed by atoms with Gasteiger partial charge >= 0.3 is 0 Å². The first-order valence-corrected chi connectivity index (χ1v) is 5.69. The van der Waals surface area contributed by atoms with E-state index in [4.69, 9.17) is 10.5 Å². The largest absolute Gasteiger partial charge is 0.385 e. The standard InChI is InChI=1S/C11H22N2O2/c1-9-5-6-13(10(9)8-12)11(14)4-3-7-15-2/h9-10H,3-8,12H2,1-2H3. The molecule has 4 heteroatoms. The molecule has 1 rings (SSSR count). The van der Waals surface area contributed by atoms with Gasteiger partial charge in [0.15, 0.2) is 0 Å². The fourth-order valence-corrected chi connectivity index (χ4v) is 2.19. The molecule has 2 N–H and O–H groups in total. The van der Waals surface area contributed by atoms with Crippen LogP contribution in [0.1, 0.15) is 26.2 Å². The van der Waals surface area contributed by atoms with Crippen molar-refractivity contribution in [2.45, 2.75) is 32.2 Å². The predicted molar refractivity (Wildman–Crippen MR) is 59.4 cm³/mol. The number of hydrogen-bond donors (Lipinski definition) is 1. The van der Waals surface area contributed by atoms with Crippen molar-refractivity contribution in [2.24, 2.45) is 11.7 Å². The van der Waals surface area contributed by atoms with E-state index in [0.717, 1.165) is 19.4 Å². The monoisotopic (exact) mass is 214 g/mol. The molecule has 0 aromatic rings. The summed E-state index contributed by atoms with van der Waals surface area (Å²) in [6.07, 6.45) is 2.46. The van der Waals surface area contributed by atoms with E-state index >= 15 is 0 Å². The number of carbonyl (C=O) groups is 1. The molecule has 0 bridgehead atoms. The molecule has 1 amide bonds. The fourth-order valence-electron chi connectivity index (χ4n) is 2.19. The maximum absolute atomic E-state index is 11.8. The van der Waals surface area contributed by atoms with E-state index in [-0.39, 0.29) is 11.9 Å². The summed E-state index contributed by atoms with van der Waals surface area (Å²) in [6.45, 7) is 4.27. The molecule has 1 aliphatic heterocycles. The van der Waals surface area contributed by atoms with Crippen LogP contribution in [0.2, 0.25) is 0 Å². The van der Waals surface area contributed by atoms with Gasteiger partial charge in [-0.2, -0.15) is 0 Å². The number of hydrogen-bond acceptors (Lipinski definition) is 3. The highest BCUT2D eigenvalue weighted by Crippen LogP contribution is 2.23. The Morgan fingerprint density at radius 2 is 2.33 bits per heavy atom. The first kappa shape index (κ1) is 12.5. The van der Waals surface area contributed by atoms with Crippen LogP contribution in [-0.4, -0.2) is 43.7 Å². The van der Waals surface area contributed by atoms with E-state index in [1.807, 2.05) is 4.90 Å². The Bertz CT molecular complexity index is 209. The molecule has 0 aliphatic carbocycles. The maximum Gasteiger partial charge on any atom is 0.222 e. The van der Waals surface area contributed by atoms with Crippen LogP contribution in [0.15, 0.2) is 0 Å². The number of likely N-dealkylation sites (tertiary alicyclic amines) is 1. The maximum atomic E-state index is 11.8. The fraction of sp³-hybridized carbons (Fsp3) is 0.909. The van der Waals surface area contributed by atoms with Crippen molar-refractivity contribution in [1.82, 2.24) is 4.90 Å². The molecule has 4 nitrogen and oxygen atoms in total. The minimum absolute atomic E-state index is 0.229. The van der Waals surface area contributed by atoms with E-state index in [9.17, 15) is 4.79 Å². The summed E-state index contributed by atoms with van der Waals surface area (Å²) in [7, 11) is 1.66. The molecule has 0 radical (unpaired) electrons. The van der Waals surface area contributed by atoms with Crippen LogP contribution in [0.25, 0.3) is 0 Å². The summed E-state index contributed by atoms with van der Waals surface area (Å²) in [4.78, 5) is 13.8. The van der Waals surface area contributed by atoms with Gasteiger partial charge in [-0.05, 0) is 18.8 Å². The molecule has 2 unspecified atom stereocenters. The van der Waals surface area contributed by atoms with Gasteiger partial charge in [0, 0.05) is 39.3 Å². The number of ether oxygens (including phenoxy) is 1. The van der Waals surface area contributed by atoms with Crippen LogP contribution in [0.5, 0.6) is 0 Å². The van der Waals surface area contributed by atoms with Crippen LogP contribution in [-0.2, 0) is 9.53 Å². The lowest BCUT2D eigenvalue weighted by Gasteiger charge is -2.25. The summed E-state index contributed by atoms with van der Waals surface area (Å²) in [6, 6.07) is 0.250. The number of amides is 1. The minimum Gasteiger partial charge on any atom is -0.385 e. The van der Waals surface area contributed by atoms with Crippen LogP contribution in [0.3, 0.4) is 0 Å². The van der Waals surface area contributed by atoms with E-state index in [2.05, 4.69) is 6.92 Å². The third-order valence-corrected chi connectivity index (χ3v) is 3.18. The van der Waals surface area contributed by atoms with E-state index in [1.54, 1.807) is 7.11 Å². The normalized spacial score (nSPS) is 25.9.